The van der Waals surface area contributed by atoms with E-state index in [1.165, 1.54) is 13.0 Å². The highest BCUT2D eigenvalue weighted by Crippen LogP contribution is 2.26. The lowest BCUT2D eigenvalue weighted by molar-refractivity contribution is -0.903. The van der Waals surface area contributed by atoms with Crippen LogP contribution < -0.4 is 10.2 Å². The lowest BCUT2D eigenvalue weighted by Crippen LogP contribution is -3.14. The van der Waals surface area contributed by atoms with Crippen LogP contribution in [-0.4, -0.2) is 48.5 Å². The van der Waals surface area contributed by atoms with Crippen molar-refractivity contribution in [1.29, 1.82) is 0 Å². The molecule has 0 unspecified atom stereocenters. The molecule has 1 heterocycles. The zero-order valence-corrected chi connectivity index (χ0v) is 14.3. The predicted molar refractivity (Wildman–Crippen MR) is 92.0 cm³/mol. The number of hydrogen-bond acceptors (Lipinski definition) is 2. The molecule has 0 aliphatic carbocycles. The van der Waals surface area contributed by atoms with Crippen molar-refractivity contribution in [1.82, 2.24) is 4.90 Å². The van der Waals surface area contributed by atoms with Crippen LogP contribution in [0.25, 0.3) is 0 Å². The fourth-order valence-electron chi connectivity index (χ4n) is 2.55. The minimum absolute atomic E-state index is 0.552. The molecule has 122 valence electrons. The Balaban J connectivity index is 1.82. The maximum absolute atomic E-state index is 12.3. The first-order chi connectivity index (χ1) is 10.6. The number of nitrogens with one attached hydrogen (secondary N) is 2. The Hall–Kier alpha value is -0.920. The van der Waals surface area contributed by atoms with Gasteiger partial charge in [0.25, 0.3) is 5.76 Å². The van der Waals surface area contributed by atoms with E-state index in [4.69, 9.17) is 12.2 Å². The van der Waals surface area contributed by atoms with Crippen LogP contribution in [0.5, 0.6) is 0 Å². The Kier molecular flexibility index (Phi) is 6.85. The van der Waals surface area contributed by atoms with Gasteiger partial charge in [0.1, 0.15) is 0 Å². The largest absolute Gasteiger partial charge is 0.338 e. The van der Waals surface area contributed by atoms with E-state index in [-0.39, 0.29) is 0 Å². The lowest BCUT2D eigenvalue weighted by atomic mass is 10.3. The third kappa shape index (κ3) is 5.37. The number of benzene rings is 1. The fourth-order valence-corrected chi connectivity index (χ4v) is 3.35. The number of nitrogens with zero attached hydrogens (tertiary/aromatic N) is 1. The molecule has 2 N–H and O–H groups in total. The van der Waals surface area contributed by atoms with Crippen molar-refractivity contribution in [2.75, 3.05) is 38.0 Å². The molecule has 7 heteroatoms. The van der Waals surface area contributed by atoms with E-state index < -0.39 is 5.76 Å². The molecule has 1 aliphatic rings. The second-order valence-corrected chi connectivity index (χ2v) is 6.77. The summed E-state index contributed by atoms with van der Waals surface area (Å²) in [4.78, 5) is 4.37. The van der Waals surface area contributed by atoms with Gasteiger partial charge in [0.2, 0.25) is 0 Å². The predicted octanol–water partition coefficient (Wildman–Crippen LogP) is 2.31. The van der Waals surface area contributed by atoms with Crippen LogP contribution in [0.2, 0.25) is 0 Å². The van der Waals surface area contributed by atoms with Crippen LogP contribution in [0.4, 0.5) is 14.5 Å². The van der Waals surface area contributed by atoms with Crippen LogP contribution >= 0.6 is 24.0 Å². The number of thiocarbonyl (C=S) groups is 1. The molecule has 0 bridgehead atoms. The third-order valence-corrected chi connectivity index (χ3v) is 4.77. The molecule has 1 aliphatic heterocycles. The first-order valence-electron chi connectivity index (χ1n) is 7.53. The molecule has 0 aromatic heterocycles. The first-order valence-corrected chi connectivity index (χ1v) is 8.81. The second kappa shape index (κ2) is 8.64. The van der Waals surface area contributed by atoms with E-state index in [9.17, 15) is 8.78 Å². The maximum atomic E-state index is 12.3. The van der Waals surface area contributed by atoms with Crippen molar-refractivity contribution in [2.45, 2.75) is 24.0 Å². The summed E-state index contributed by atoms with van der Waals surface area (Å²) in [5, 5.41) is 3.90. The van der Waals surface area contributed by atoms with E-state index >= 15 is 0 Å². The van der Waals surface area contributed by atoms with Gasteiger partial charge in [0, 0.05) is 10.6 Å². The van der Waals surface area contributed by atoms with Gasteiger partial charge in [-0.15, -0.1) is 0 Å². The summed E-state index contributed by atoms with van der Waals surface area (Å²) in [5.74, 6) is -2.39. The lowest BCUT2D eigenvalue weighted by Gasteiger charge is -2.33. The van der Waals surface area contributed by atoms with Crippen LogP contribution in [0, 0.1) is 0 Å². The van der Waals surface area contributed by atoms with Gasteiger partial charge in [-0.1, -0.05) is 18.7 Å². The minimum Gasteiger partial charge on any atom is -0.338 e. The van der Waals surface area contributed by atoms with E-state index in [2.05, 4.69) is 17.1 Å². The third-order valence-electron chi connectivity index (χ3n) is 3.69. The molecule has 0 spiro atoms. The van der Waals surface area contributed by atoms with Crippen LogP contribution in [0.15, 0.2) is 29.2 Å². The molecule has 2 rings (SSSR count). The highest BCUT2D eigenvalue weighted by molar-refractivity contribution is 7.99. The van der Waals surface area contributed by atoms with Crippen molar-refractivity contribution < 1.29 is 13.7 Å². The Morgan fingerprint density at radius 3 is 2.50 bits per heavy atom. The number of hydrogen-bond donors (Lipinski definition) is 2. The molecule has 3 nitrogen and oxygen atoms in total. The zero-order chi connectivity index (χ0) is 15.9. The highest BCUT2D eigenvalue weighted by atomic mass is 32.2. The van der Waals surface area contributed by atoms with Gasteiger partial charge in [-0.3, -0.25) is 0 Å². The van der Waals surface area contributed by atoms with Crippen molar-refractivity contribution in [3.63, 3.8) is 0 Å². The molecule has 0 saturated carbocycles. The van der Waals surface area contributed by atoms with Crippen LogP contribution in [0.1, 0.15) is 13.3 Å². The summed E-state index contributed by atoms with van der Waals surface area (Å²) in [6, 6.07) is 6.95. The average Bonchev–Trinajstić information content (AvgIpc) is 2.50. The molecule has 1 aromatic rings. The van der Waals surface area contributed by atoms with Crippen molar-refractivity contribution >= 4 is 34.8 Å². The van der Waals surface area contributed by atoms with E-state index in [0.717, 1.165) is 31.9 Å². The van der Waals surface area contributed by atoms with Gasteiger partial charge in [-0.25, -0.2) is 0 Å². The molecule has 0 amide bonds. The van der Waals surface area contributed by atoms with Gasteiger partial charge in [0.15, 0.2) is 5.11 Å². The number of quaternary nitrogens is 1. The van der Waals surface area contributed by atoms with E-state index in [1.807, 2.05) is 0 Å². The minimum atomic E-state index is -2.39. The molecule has 22 heavy (non-hydrogen) atoms. The smallest absolute Gasteiger partial charge is 0.288 e. The summed E-state index contributed by atoms with van der Waals surface area (Å²) in [6.45, 7) is 7.57. The standard InChI is InChI=1S/C15H21F2N3S2/c1-2-7-19-8-10-20(11-9-19)15(21)18-12-3-5-13(6-4-12)22-14(16)17/h3-6,14H,2,7-11H2,1H3,(H,18,21)/p+1. The summed E-state index contributed by atoms with van der Waals surface area (Å²) < 4.78 is 24.6. The zero-order valence-electron chi connectivity index (χ0n) is 12.6. The SMILES string of the molecule is CCC[NH+]1CCN(C(=S)Nc2ccc(SC(F)F)cc2)CC1. The summed E-state index contributed by atoms with van der Waals surface area (Å²) in [7, 11) is 0. The highest BCUT2D eigenvalue weighted by Gasteiger charge is 2.20. The topological polar surface area (TPSA) is 19.7 Å². The average molecular weight is 346 g/mol. The van der Waals surface area contributed by atoms with Gasteiger partial charge < -0.3 is 15.1 Å². The molecule has 1 saturated heterocycles. The van der Waals surface area contributed by atoms with Gasteiger partial charge in [-0.05, 0) is 42.9 Å². The molecule has 1 fully saturated rings. The summed E-state index contributed by atoms with van der Waals surface area (Å²) >= 11 is 5.99. The Morgan fingerprint density at radius 2 is 1.95 bits per heavy atom. The number of alkyl halides is 2. The summed E-state index contributed by atoms with van der Waals surface area (Å²) in [5.41, 5.74) is 0.840. The molecule has 1 aromatic carbocycles. The molecule has 0 atom stereocenters. The number of rotatable bonds is 5. The molecular formula is C15H22F2N3S2+. The second-order valence-electron chi connectivity index (χ2n) is 5.32. The Labute approximate surface area is 140 Å². The quantitative estimate of drug-likeness (QED) is 0.630. The van der Waals surface area contributed by atoms with Crippen LogP contribution in [0.3, 0.4) is 0 Å². The van der Waals surface area contributed by atoms with Crippen molar-refractivity contribution in [2.24, 2.45) is 0 Å². The van der Waals surface area contributed by atoms with E-state index in [0.29, 0.717) is 21.8 Å². The van der Waals surface area contributed by atoms with Gasteiger partial charge in [-0.2, -0.15) is 8.78 Å². The Bertz CT molecular complexity index is 474. The fraction of sp³-hybridized carbons (Fsp3) is 0.533. The Morgan fingerprint density at radius 1 is 1.32 bits per heavy atom. The normalized spacial score (nSPS) is 16.1. The number of piperazine rings is 1. The van der Waals surface area contributed by atoms with Gasteiger partial charge >= 0.3 is 0 Å². The molecule has 0 radical (unpaired) electrons. The van der Waals surface area contributed by atoms with Crippen LogP contribution in [-0.2, 0) is 0 Å². The number of anilines is 1. The van der Waals surface area contributed by atoms with Crippen molar-refractivity contribution in [3.05, 3.63) is 24.3 Å². The van der Waals surface area contributed by atoms with Crippen molar-refractivity contribution in [3.8, 4) is 0 Å². The molecular weight excluding hydrogens is 324 g/mol. The number of thioether (sulfide) groups is 1. The summed E-state index contributed by atoms with van der Waals surface area (Å²) in [6.07, 6.45) is 1.21. The first kappa shape index (κ1) is 17.4. The monoisotopic (exact) mass is 346 g/mol. The maximum Gasteiger partial charge on any atom is 0.288 e. The number of halogens is 2. The van der Waals surface area contributed by atoms with Gasteiger partial charge in [0.05, 0.1) is 32.7 Å². The van der Waals surface area contributed by atoms with E-state index in [1.54, 1.807) is 29.2 Å².